The predicted molar refractivity (Wildman–Crippen MR) is 109 cm³/mol. The highest BCUT2D eigenvalue weighted by Gasteiger charge is 2.21. The number of nitrogens with one attached hydrogen (secondary N) is 2. The van der Waals surface area contributed by atoms with E-state index in [4.69, 9.17) is 14.2 Å². The van der Waals surface area contributed by atoms with E-state index in [1.165, 1.54) is 18.4 Å². The van der Waals surface area contributed by atoms with E-state index in [-0.39, 0.29) is 0 Å². The molecule has 0 radical (unpaired) electrons. The molecule has 2 amide bonds. The van der Waals surface area contributed by atoms with E-state index >= 15 is 0 Å². The number of hydrogen-bond donors (Lipinski definition) is 2. The third-order valence-corrected chi connectivity index (χ3v) is 5.51. The number of aromatic nitrogens is 1. The van der Waals surface area contributed by atoms with E-state index in [0.717, 1.165) is 18.2 Å². The molecule has 1 aliphatic rings. The SMILES string of the molecule is CCOc1ccc(C(=O)NNC(=O)c2sc(N3CCOCC3)nc2C)cc1OC. The molecule has 0 saturated carbocycles. The molecule has 1 fully saturated rings. The Kier molecular flexibility index (Phi) is 6.89. The highest BCUT2D eigenvalue weighted by atomic mass is 32.1. The molecular weight excluding hydrogens is 396 g/mol. The smallest absolute Gasteiger partial charge is 0.281 e. The minimum absolute atomic E-state index is 0.334. The first-order chi connectivity index (χ1) is 14.0. The number of anilines is 1. The molecule has 2 heterocycles. The summed E-state index contributed by atoms with van der Waals surface area (Å²) in [6.07, 6.45) is 0. The Balaban J connectivity index is 1.63. The predicted octanol–water partition coefficient (Wildman–Crippen LogP) is 1.77. The Hall–Kier alpha value is -2.85. The minimum atomic E-state index is -0.463. The zero-order valence-electron chi connectivity index (χ0n) is 16.6. The van der Waals surface area contributed by atoms with Crippen LogP contribution in [-0.4, -0.2) is 56.8 Å². The summed E-state index contributed by atoms with van der Waals surface area (Å²) >= 11 is 1.29. The summed E-state index contributed by atoms with van der Waals surface area (Å²) in [6.45, 7) is 6.88. The third kappa shape index (κ3) is 4.96. The molecule has 156 valence electrons. The number of morpholine rings is 1. The number of hydrogen-bond acceptors (Lipinski definition) is 8. The summed E-state index contributed by atoms with van der Waals surface area (Å²) < 4.78 is 16.0. The van der Waals surface area contributed by atoms with Gasteiger partial charge in [-0.3, -0.25) is 20.4 Å². The first-order valence-electron chi connectivity index (χ1n) is 9.25. The molecule has 29 heavy (non-hydrogen) atoms. The standard InChI is InChI=1S/C19H24N4O5S/c1-4-28-14-6-5-13(11-15(14)26-3)17(24)21-22-18(25)16-12(2)20-19(29-16)23-7-9-27-10-8-23/h5-6,11H,4,7-10H2,1-3H3,(H,21,24)(H,22,25). The molecule has 2 N–H and O–H groups in total. The van der Waals surface area contributed by atoms with Gasteiger partial charge in [-0.1, -0.05) is 11.3 Å². The molecule has 0 atom stereocenters. The quantitative estimate of drug-likeness (QED) is 0.687. The van der Waals surface area contributed by atoms with E-state index in [1.807, 2.05) is 6.92 Å². The van der Waals surface area contributed by atoms with E-state index in [0.29, 0.717) is 47.5 Å². The van der Waals surface area contributed by atoms with Gasteiger partial charge in [-0.25, -0.2) is 4.98 Å². The fourth-order valence-corrected chi connectivity index (χ4v) is 3.82. The van der Waals surface area contributed by atoms with Crippen LogP contribution in [0.2, 0.25) is 0 Å². The maximum atomic E-state index is 12.5. The van der Waals surface area contributed by atoms with Gasteiger partial charge >= 0.3 is 0 Å². The van der Waals surface area contributed by atoms with Gasteiger partial charge in [0.05, 0.1) is 32.6 Å². The van der Waals surface area contributed by atoms with Crippen molar-refractivity contribution in [3.8, 4) is 11.5 Å². The van der Waals surface area contributed by atoms with Crippen LogP contribution in [0.4, 0.5) is 5.13 Å². The van der Waals surface area contributed by atoms with Crippen LogP contribution >= 0.6 is 11.3 Å². The average Bonchev–Trinajstić information content (AvgIpc) is 3.14. The molecule has 0 spiro atoms. The van der Waals surface area contributed by atoms with Gasteiger partial charge in [-0.15, -0.1) is 0 Å². The number of benzene rings is 1. The lowest BCUT2D eigenvalue weighted by Gasteiger charge is -2.25. The van der Waals surface area contributed by atoms with Crippen LogP contribution in [0.15, 0.2) is 18.2 Å². The molecule has 1 saturated heterocycles. The number of carbonyl (C=O) groups is 2. The molecule has 0 aliphatic carbocycles. The first-order valence-corrected chi connectivity index (χ1v) is 10.1. The zero-order chi connectivity index (χ0) is 20.8. The normalized spacial score (nSPS) is 13.7. The van der Waals surface area contributed by atoms with Crippen molar-refractivity contribution in [3.63, 3.8) is 0 Å². The first kappa shape index (κ1) is 20.9. The van der Waals surface area contributed by atoms with Gasteiger partial charge in [-0.2, -0.15) is 0 Å². The number of thiazole rings is 1. The van der Waals surface area contributed by atoms with Crippen molar-refractivity contribution in [2.45, 2.75) is 13.8 Å². The van der Waals surface area contributed by atoms with Gasteiger partial charge < -0.3 is 19.1 Å². The van der Waals surface area contributed by atoms with Crippen LogP contribution in [0.3, 0.4) is 0 Å². The minimum Gasteiger partial charge on any atom is -0.493 e. The largest absolute Gasteiger partial charge is 0.493 e. The second-order valence-electron chi connectivity index (χ2n) is 6.22. The van der Waals surface area contributed by atoms with Gasteiger partial charge in [0.1, 0.15) is 4.88 Å². The summed E-state index contributed by atoms with van der Waals surface area (Å²) in [6, 6.07) is 4.81. The molecule has 1 aromatic heterocycles. The van der Waals surface area contributed by atoms with Crippen molar-refractivity contribution < 1.29 is 23.8 Å². The lowest BCUT2D eigenvalue weighted by molar-refractivity contribution is 0.0848. The molecule has 0 unspecified atom stereocenters. The van der Waals surface area contributed by atoms with E-state index in [1.54, 1.807) is 25.1 Å². The number of carbonyl (C=O) groups excluding carboxylic acids is 2. The second-order valence-corrected chi connectivity index (χ2v) is 7.19. The summed E-state index contributed by atoms with van der Waals surface area (Å²) in [5.41, 5.74) is 5.83. The molecule has 1 aromatic carbocycles. The number of amides is 2. The number of hydrazine groups is 1. The molecular formula is C19H24N4O5S. The Morgan fingerprint density at radius 3 is 2.62 bits per heavy atom. The maximum Gasteiger partial charge on any atom is 0.281 e. The van der Waals surface area contributed by atoms with Crippen LogP contribution in [0.25, 0.3) is 0 Å². The van der Waals surface area contributed by atoms with Gasteiger partial charge in [0.2, 0.25) is 0 Å². The summed E-state index contributed by atoms with van der Waals surface area (Å²) in [7, 11) is 1.50. The van der Waals surface area contributed by atoms with E-state index in [2.05, 4.69) is 20.7 Å². The monoisotopic (exact) mass is 420 g/mol. The second kappa shape index (κ2) is 9.57. The Morgan fingerprint density at radius 2 is 1.93 bits per heavy atom. The summed E-state index contributed by atoms with van der Waals surface area (Å²) in [5, 5.41) is 0.776. The highest BCUT2D eigenvalue weighted by Crippen LogP contribution is 2.28. The van der Waals surface area contributed by atoms with Crippen molar-refractivity contribution in [2.75, 3.05) is 44.9 Å². The van der Waals surface area contributed by atoms with Crippen LogP contribution in [0.5, 0.6) is 11.5 Å². The number of aryl methyl sites for hydroxylation is 1. The molecule has 1 aliphatic heterocycles. The van der Waals surface area contributed by atoms with Gasteiger partial charge in [0, 0.05) is 18.7 Å². The van der Waals surface area contributed by atoms with Crippen molar-refractivity contribution in [2.24, 2.45) is 0 Å². The van der Waals surface area contributed by atoms with Crippen LogP contribution in [0, 0.1) is 6.92 Å². The Labute approximate surface area is 172 Å². The zero-order valence-corrected chi connectivity index (χ0v) is 17.4. The third-order valence-electron chi connectivity index (χ3n) is 4.29. The number of rotatable bonds is 6. The van der Waals surface area contributed by atoms with Gasteiger partial charge in [0.25, 0.3) is 11.8 Å². The number of methoxy groups -OCH3 is 1. The molecule has 10 heteroatoms. The maximum absolute atomic E-state index is 12.5. The number of nitrogens with zero attached hydrogens (tertiary/aromatic N) is 2. The lowest BCUT2D eigenvalue weighted by atomic mass is 10.2. The molecule has 9 nitrogen and oxygen atoms in total. The molecule has 2 aromatic rings. The molecule has 0 bridgehead atoms. The fraction of sp³-hybridized carbons (Fsp3) is 0.421. The van der Waals surface area contributed by atoms with Crippen molar-refractivity contribution >= 4 is 28.3 Å². The van der Waals surface area contributed by atoms with Crippen molar-refractivity contribution in [1.82, 2.24) is 15.8 Å². The van der Waals surface area contributed by atoms with Gasteiger partial charge in [-0.05, 0) is 32.0 Å². The van der Waals surface area contributed by atoms with Crippen LogP contribution in [0.1, 0.15) is 32.6 Å². The van der Waals surface area contributed by atoms with Crippen LogP contribution in [-0.2, 0) is 4.74 Å². The van der Waals surface area contributed by atoms with Gasteiger partial charge in [0.15, 0.2) is 16.6 Å². The Bertz CT molecular complexity index is 879. The topological polar surface area (TPSA) is 102 Å². The average molecular weight is 420 g/mol. The van der Waals surface area contributed by atoms with E-state index < -0.39 is 11.8 Å². The van der Waals surface area contributed by atoms with Crippen LogP contribution < -0.4 is 25.2 Å². The fourth-order valence-electron chi connectivity index (χ4n) is 2.81. The lowest BCUT2D eigenvalue weighted by Crippen LogP contribution is -2.41. The van der Waals surface area contributed by atoms with Crippen molar-refractivity contribution in [1.29, 1.82) is 0 Å². The van der Waals surface area contributed by atoms with E-state index in [9.17, 15) is 9.59 Å². The molecule has 3 rings (SSSR count). The summed E-state index contributed by atoms with van der Waals surface area (Å²) in [5.74, 6) is 0.117. The Morgan fingerprint density at radius 1 is 1.21 bits per heavy atom. The summed E-state index contributed by atoms with van der Waals surface area (Å²) in [4.78, 5) is 31.9. The van der Waals surface area contributed by atoms with Crippen molar-refractivity contribution in [3.05, 3.63) is 34.3 Å². The highest BCUT2D eigenvalue weighted by molar-refractivity contribution is 7.17. The number of ether oxygens (including phenoxy) is 3.